The van der Waals surface area contributed by atoms with Crippen LogP contribution in [0.1, 0.15) is 13.8 Å². The molecule has 0 spiro atoms. The predicted octanol–water partition coefficient (Wildman–Crippen LogP) is 0.948. The Morgan fingerprint density at radius 1 is 1.25 bits per heavy atom. The maximum absolute atomic E-state index is 11.9. The van der Waals surface area contributed by atoms with E-state index in [1.54, 1.807) is 30.3 Å². The first-order chi connectivity index (χ1) is 7.47. The van der Waals surface area contributed by atoms with Gasteiger partial charge in [-0.3, -0.25) is 0 Å². The van der Waals surface area contributed by atoms with Crippen LogP contribution in [-0.4, -0.2) is 21.0 Å². The number of hydrogen-bond donors (Lipinski definition) is 2. The first-order valence-corrected chi connectivity index (χ1v) is 6.73. The van der Waals surface area contributed by atoms with Crippen LogP contribution < -0.4 is 10.5 Å². The Morgan fingerprint density at radius 2 is 1.81 bits per heavy atom. The summed E-state index contributed by atoms with van der Waals surface area (Å²) in [7, 11) is -3.45. The van der Waals surface area contributed by atoms with Crippen molar-refractivity contribution in [3.05, 3.63) is 30.3 Å². The molecule has 0 bridgehead atoms. The number of rotatable bonds is 5. The first kappa shape index (κ1) is 13.2. The molecule has 4 nitrogen and oxygen atoms in total. The Hall–Kier alpha value is -0.910. The minimum absolute atomic E-state index is 0.170. The Labute approximate surface area is 96.9 Å². The van der Waals surface area contributed by atoms with Crippen LogP contribution >= 0.6 is 0 Å². The Bertz CT molecular complexity index is 415. The quantitative estimate of drug-likeness (QED) is 0.807. The van der Waals surface area contributed by atoms with E-state index in [2.05, 4.69) is 4.72 Å². The van der Waals surface area contributed by atoms with Crippen molar-refractivity contribution in [1.82, 2.24) is 4.72 Å². The van der Waals surface area contributed by atoms with Crippen LogP contribution in [0.2, 0.25) is 0 Å². The molecule has 0 amide bonds. The second kappa shape index (κ2) is 5.43. The van der Waals surface area contributed by atoms with Gasteiger partial charge in [0, 0.05) is 12.6 Å². The molecule has 1 rings (SSSR count). The van der Waals surface area contributed by atoms with Crippen molar-refractivity contribution in [2.75, 3.05) is 6.54 Å². The zero-order valence-corrected chi connectivity index (χ0v) is 10.4. The summed E-state index contributed by atoms with van der Waals surface area (Å²) in [6, 6.07) is 8.07. The lowest BCUT2D eigenvalue weighted by Crippen LogP contribution is -2.43. The summed E-state index contributed by atoms with van der Waals surface area (Å²) in [4.78, 5) is 0.272. The first-order valence-electron chi connectivity index (χ1n) is 5.25. The maximum Gasteiger partial charge on any atom is 0.240 e. The molecule has 0 saturated carbocycles. The van der Waals surface area contributed by atoms with E-state index in [0.717, 1.165) is 0 Å². The van der Waals surface area contributed by atoms with E-state index in [9.17, 15) is 8.42 Å². The van der Waals surface area contributed by atoms with E-state index < -0.39 is 10.0 Å². The average Bonchev–Trinajstić information content (AvgIpc) is 2.27. The summed E-state index contributed by atoms with van der Waals surface area (Å²) in [6.45, 7) is 4.17. The number of sulfonamides is 1. The van der Waals surface area contributed by atoms with Gasteiger partial charge >= 0.3 is 0 Å². The van der Waals surface area contributed by atoms with Gasteiger partial charge in [0.05, 0.1) is 4.90 Å². The van der Waals surface area contributed by atoms with Crippen LogP contribution in [-0.2, 0) is 10.0 Å². The van der Waals surface area contributed by atoms with E-state index in [4.69, 9.17) is 5.73 Å². The van der Waals surface area contributed by atoms with Gasteiger partial charge in [-0.05, 0) is 18.1 Å². The molecule has 0 aliphatic carbocycles. The van der Waals surface area contributed by atoms with Gasteiger partial charge in [-0.15, -0.1) is 0 Å². The van der Waals surface area contributed by atoms with Gasteiger partial charge in [0.25, 0.3) is 0 Å². The van der Waals surface area contributed by atoms with Gasteiger partial charge in [0.2, 0.25) is 10.0 Å². The van der Waals surface area contributed by atoms with Crippen LogP contribution in [0.15, 0.2) is 35.2 Å². The molecular weight excluding hydrogens is 224 g/mol. The number of nitrogens with one attached hydrogen (secondary N) is 1. The Kier molecular flexibility index (Phi) is 4.46. The van der Waals surface area contributed by atoms with Gasteiger partial charge in [-0.2, -0.15) is 0 Å². The topological polar surface area (TPSA) is 72.2 Å². The van der Waals surface area contributed by atoms with Crippen molar-refractivity contribution in [2.45, 2.75) is 24.8 Å². The molecule has 0 radical (unpaired) electrons. The summed E-state index contributed by atoms with van der Waals surface area (Å²) in [6.07, 6.45) is 0. The normalized spacial score (nSPS) is 14.0. The third-order valence-electron chi connectivity index (χ3n) is 2.42. The lowest BCUT2D eigenvalue weighted by atomic mass is 10.1. The molecule has 0 aromatic heterocycles. The van der Waals surface area contributed by atoms with Crippen molar-refractivity contribution in [2.24, 2.45) is 11.7 Å². The molecule has 0 heterocycles. The van der Waals surface area contributed by atoms with E-state index >= 15 is 0 Å². The van der Waals surface area contributed by atoms with Gasteiger partial charge in [-0.1, -0.05) is 32.0 Å². The molecule has 0 fully saturated rings. The largest absolute Gasteiger partial charge is 0.329 e. The van der Waals surface area contributed by atoms with Crippen molar-refractivity contribution in [3.63, 3.8) is 0 Å². The lowest BCUT2D eigenvalue weighted by Gasteiger charge is -2.20. The van der Waals surface area contributed by atoms with Crippen molar-refractivity contribution >= 4 is 10.0 Å². The van der Waals surface area contributed by atoms with E-state index in [-0.39, 0.29) is 16.9 Å². The molecule has 1 aromatic rings. The molecular formula is C11H18N2O2S. The van der Waals surface area contributed by atoms with Gasteiger partial charge < -0.3 is 5.73 Å². The standard InChI is InChI=1S/C11H18N2O2S/c1-9(2)11(8-12)13-16(14,15)10-6-4-3-5-7-10/h3-7,9,11,13H,8,12H2,1-2H3. The monoisotopic (exact) mass is 242 g/mol. The molecule has 0 aliphatic heterocycles. The van der Waals surface area contributed by atoms with Crippen LogP contribution in [0.4, 0.5) is 0 Å². The molecule has 0 aliphatic rings. The SMILES string of the molecule is CC(C)C(CN)NS(=O)(=O)c1ccccc1. The van der Waals surface area contributed by atoms with E-state index in [1.165, 1.54) is 0 Å². The third kappa shape index (κ3) is 3.30. The number of hydrogen-bond acceptors (Lipinski definition) is 3. The molecule has 3 N–H and O–H groups in total. The minimum atomic E-state index is -3.45. The number of nitrogens with two attached hydrogens (primary N) is 1. The van der Waals surface area contributed by atoms with Gasteiger partial charge in [0.1, 0.15) is 0 Å². The lowest BCUT2D eigenvalue weighted by molar-refractivity contribution is 0.455. The van der Waals surface area contributed by atoms with Crippen LogP contribution in [0.25, 0.3) is 0 Å². The molecule has 5 heteroatoms. The Balaban J connectivity index is 2.88. The maximum atomic E-state index is 11.9. The molecule has 1 aromatic carbocycles. The number of benzene rings is 1. The van der Waals surface area contributed by atoms with Crippen LogP contribution in [0.3, 0.4) is 0 Å². The average molecular weight is 242 g/mol. The smallest absolute Gasteiger partial charge is 0.240 e. The van der Waals surface area contributed by atoms with Crippen LogP contribution in [0.5, 0.6) is 0 Å². The van der Waals surface area contributed by atoms with Crippen LogP contribution in [0, 0.1) is 5.92 Å². The molecule has 0 saturated heterocycles. The fourth-order valence-corrected chi connectivity index (χ4v) is 2.74. The highest BCUT2D eigenvalue weighted by Gasteiger charge is 2.20. The molecule has 16 heavy (non-hydrogen) atoms. The summed E-state index contributed by atoms with van der Waals surface area (Å²) in [5.74, 6) is 0.170. The fraction of sp³-hybridized carbons (Fsp3) is 0.455. The second-order valence-electron chi connectivity index (χ2n) is 4.02. The molecule has 90 valence electrons. The third-order valence-corrected chi connectivity index (χ3v) is 3.92. The summed E-state index contributed by atoms with van der Waals surface area (Å²) >= 11 is 0. The molecule has 1 unspecified atom stereocenters. The Morgan fingerprint density at radius 3 is 2.25 bits per heavy atom. The highest BCUT2D eigenvalue weighted by Crippen LogP contribution is 2.10. The van der Waals surface area contributed by atoms with Gasteiger partial charge in [-0.25, -0.2) is 13.1 Å². The summed E-state index contributed by atoms with van der Waals surface area (Å²) in [5, 5.41) is 0. The minimum Gasteiger partial charge on any atom is -0.329 e. The molecule has 1 atom stereocenters. The van der Waals surface area contributed by atoms with Crippen molar-refractivity contribution in [1.29, 1.82) is 0 Å². The fourth-order valence-electron chi connectivity index (χ4n) is 1.32. The summed E-state index contributed by atoms with van der Waals surface area (Å²) < 4.78 is 26.5. The predicted molar refractivity (Wildman–Crippen MR) is 64.4 cm³/mol. The highest BCUT2D eigenvalue weighted by atomic mass is 32.2. The second-order valence-corrected chi connectivity index (χ2v) is 5.73. The van der Waals surface area contributed by atoms with Crippen molar-refractivity contribution < 1.29 is 8.42 Å². The zero-order chi connectivity index (χ0) is 12.2. The zero-order valence-electron chi connectivity index (χ0n) is 9.55. The van der Waals surface area contributed by atoms with Crippen molar-refractivity contribution in [3.8, 4) is 0 Å². The van der Waals surface area contributed by atoms with E-state index in [0.29, 0.717) is 6.54 Å². The summed E-state index contributed by atoms with van der Waals surface area (Å²) in [5.41, 5.74) is 5.53. The highest BCUT2D eigenvalue weighted by molar-refractivity contribution is 7.89. The van der Waals surface area contributed by atoms with E-state index in [1.807, 2.05) is 13.8 Å². The van der Waals surface area contributed by atoms with Gasteiger partial charge in [0.15, 0.2) is 0 Å².